The molecule has 2 rings (SSSR count). The summed E-state index contributed by atoms with van der Waals surface area (Å²) in [5, 5.41) is 31.1. The Balaban J connectivity index is 0.00000200. The van der Waals surface area contributed by atoms with E-state index in [9.17, 15) is 15.3 Å². The van der Waals surface area contributed by atoms with Gasteiger partial charge in [-0.05, 0) is 48.4 Å². The smallest absolute Gasteiger partial charge is 0.157 e. The van der Waals surface area contributed by atoms with E-state index in [1.807, 2.05) is 12.1 Å². The fourth-order valence-electron chi connectivity index (χ4n) is 1.86. The number of aromatic hydroxyl groups is 3. The summed E-state index contributed by atoms with van der Waals surface area (Å²) in [6.45, 7) is 1.43. The summed E-state index contributed by atoms with van der Waals surface area (Å²) >= 11 is 0. The van der Waals surface area contributed by atoms with Gasteiger partial charge in [-0.25, -0.2) is 0 Å². The van der Waals surface area contributed by atoms with E-state index in [1.54, 1.807) is 24.3 Å². The molecule has 0 saturated carbocycles. The van der Waals surface area contributed by atoms with Crippen LogP contribution in [0.3, 0.4) is 0 Å². The van der Waals surface area contributed by atoms with Crippen LogP contribution < -0.4 is 5.32 Å². The average molecular weight is 296 g/mol. The third-order valence-corrected chi connectivity index (χ3v) is 2.87. The standard InChI is InChI=1S/C15H17NO3.ClH/c17-13-3-1-2-12(8-13)10-16-7-6-11-4-5-14(18)15(19)9-11;/h1-5,8-9,16-19H,6-7,10H2;1H. The quantitative estimate of drug-likeness (QED) is 0.505. The zero-order valence-electron chi connectivity index (χ0n) is 10.9. The van der Waals surface area contributed by atoms with Crippen molar-refractivity contribution in [3.8, 4) is 17.2 Å². The molecule has 0 saturated heterocycles. The summed E-state index contributed by atoms with van der Waals surface area (Å²) in [6.07, 6.45) is 0.757. The number of phenolic OH excluding ortho intramolecular Hbond substituents is 3. The molecule has 0 bridgehead atoms. The molecule has 2 aromatic carbocycles. The van der Waals surface area contributed by atoms with Crippen LogP contribution in [0.5, 0.6) is 17.2 Å². The second kappa shape index (κ2) is 7.62. The minimum atomic E-state index is -0.100. The molecule has 0 heterocycles. The van der Waals surface area contributed by atoms with Crippen LogP contribution in [0.1, 0.15) is 11.1 Å². The van der Waals surface area contributed by atoms with Gasteiger partial charge in [0.2, 0.25) is 0 Å². The van der Waals surface area contributed by atoms with E-state index in [-0.39, 0.29) is 29.7 Å². The molecule has 0 unspecified atom stereocenters. The van der Waals surface area contributed by atoms with Crippen molar-refractivity contribution in [1.29, 1.82) is 0 Å². The van der Waals surface area contributed by atoms with Crippen LogP contribution in [0.4, 0.5) is 0 Å². The van der Waals surface area contributed by atoms with Crippen molar-refractivity contribution in [2.75, 3.05) is 6.54 Å². The third kappa shape index (κ3) is 4.64. The first-order valence-corrected chi connectivity index (χ1v) is 6.14. The molecule has 0 spiro atoms. The van der Waals surface area contributed by atoms with Crippen LogP contribution in [0.2, 0.25) is 0 Å². The predicted molar refractivity (Wildman–Crippen MR) is 80.5 cm³/mol. The number of hydrogen-bond donors (Lipinski definition) is 4. The topological polar surface area (TPSA) is 72.7 Å². The van der Waals surface area contributed by atoms with E-state index in [2.05, 4.69) is 5.32 Å². The van der Waals surface area contributed by atoms with Gasteiger partial charge < -0.3 is 20.6 Å². The van der Waals surface area contributed by atoms with Gasteiger partial charge in [-0.3, -0.25) is 0 Å². The van der Waals surface area contributed by atoms with Crippen molar-refractivity contribution in [2.45, 2.75) is 13.0 Å². The average Bonchev–Trinajstić information content (AvgIpc) is 2.39. The van der Waals surface area contributed by atoms with Gasteiger partial charge in [-0.2, -0.15) is 0 Å². The maximum absolute atomic E-state index is 9.37. The first kappa shape index (κ1) is 16.1. The van der Waals surface area contributed by atoms with Gasteiger partial charge >= 0.3 is 0 Å². The fourth-order valence-corrected chi connectivity index (χ4v) is 1.86. The summed E-state index contributed by atoms with van der Waals surface area (Å²) in [6, 6.07) is 11.9. The third-order valence-electron chi connectivity index (χ3n) is 2.87. The van der Waals surface area contributed by atoms with Gasteiger partial charge in [-0.1, -0.05) is 18.2 Å². The van der Waals surface area contributed by atoms with Crippen molar-refractivity contribution < 1.29 is 15.3 Å². The van der Waals surface area contributed by atoms with Gasteiger partial charge in [-0.15, -0.1) is 12.4 Å². The lowest BCUT2D eigenvalue weighted by Crippen LogP contribution is -2.16. The molecule has 4 nitrogen and oxygen atoms in total. The Kier molecular flexibility index (Phi) is 6.15. The lowest BCUT2D eigenvalue weighted by molar-refractivity contribution is 0.403. The highest BCUT2D eigenvalue weighted by atomic mass is 35.5. The minimum absolute atomic E-state index is 0. The molecular formula is C15H18ClNO3. The molecule has 0 aromatic heterocycles. The summed E-state index contributed by atoms with van der Waals surface area (Å²) in [4.78, 5) is 0. The van der Waals surface area contributed by atoms with E-state index < -0.39 is 0 Å². The first-order chi connectivity index (χ1) is 9.15. The number of hydrogen-bond acceptors (Lipinski definition) is 4. The number of halogens is 1. The summed E-state index contributed by atoms with van der Waals surface area (Å²) < 4.78 is 0. The SMILES string of the molecule is Cl.Oc1cccc(CNCCc2ccc(O)c(O)c2)c1. The molecule has 0 aliphatic rings. The fraction of sp³-hybridized carbons (Fsp3) is 0.200. The Labute approximate surface area is 124 Å². The molecule has 0 aliphatic carbocycles. The van der Waals surface area contributed by atoms with Crippen LogP contribution in [0.25, 0.3) is 0 Å². The van der Waals surface area contributed by atoms with Gasteiger partial charge in [0, 0.05) is 6.54 Å². The lowest BCUT2D eigenvalue weighted by atomic mass is 10.1. The highest BCUT2D eigenvalue weighted by Gasteiger charge is 2.00. The Bertz CT molecular complexity index is 561. The maximum atomic E-state index is 9.37. The van der Waals surface area contributed by atoms with Crippen molar-refractivity contribution >= 4 is 12.4 Å². The Hall–Kier alpha value is -1.91. The van der Waals surface area contributed by atoms with Crippen molar-refractivity contribution in [3.05, 3.63) is 53.6 Å². The molecule has 4 N–H and O–H groups in total. The number of phenols is 3. The highest BCUT2D eigenvalue weighted by molar-refractivity contribution is 5.85. The minimum Gasteiger partial charge on any atom is -0.508 e. The summed E-state index contributed by atoms with van der Waals surface area (Å²) in [5.41, 5.74) is 1.98. The largest absolute Gasteiger partial charge is 0.508 e. The van der Waals surface area contributed by atoms with E-state index >= 15 is 0 Å². The van der Waals surface area contributed by atoms with Crippen LogP contribution in [-0.2, 0) is 13.0 Å². The Morgan fingerprint density at radius 1 is 0.850 bits per heavy atom. The summed E-state index contributed by atoms with van der Waals surface area (Å²) in [7, 11) is 0. The monoisotopic (exact) mass is 295 g/mol. The number of benzene rings is 2. The van der Waals surface area contributed by atoms with Gasteiger partial charge in [0.25, 0.3) is 0 Å². The number of rotatable bonds is 5. The Morgan fingerprint density at radius 2 is 1.65 bits per heavy atom. The van der Waals surface area contributed by atoms with Gasteiger partial charge in [0.1, 0.15) is 5.75 Å². The van der Waals surface area contributed by atoms with Crippen molar-refractivity contribution in [3.63, 3.8) is 0 Å². The lowest BCUT2D eigenvalue weighted by Gasteiger charge is -2.06. The van der Waals surface area contributed by atoms with Crippen molar-refractivity contribution in [2.24, 2.45) is 0 Å². The van der Waals surface area contributed by atoms with Crippen LogP contribution >= 0.6 is 12.4 Å². The van der Waals surface area contributed by atoms with Crippen LogP contribution in [0.15, 0.2) is 42.5 Å². The molecule has 0 atom stereocenters. The second-order valence-electron chi connectivity index (χ2n) is 4.42. The molecule has 108 valence electrons. The normalized spacial score (nSPS) is 10.0. The number of nitrogens with one attached hydrogen (secondary N) is 1. The van der Waals surface area contributed by atoms with E-state index in [0.717, 1.165) is 24.1 Å². The molecule has 2 aromatic rings. The molecule has 5 heteroatoms. The van der Waals surface area contributed by atoms with E-state index in [4.69, 9.17) is 0 Å². The zero-order chi connectivity index (χ0) is 13.7. The van der Waals surface area contributed by atoms with Crippen LogP contribution in [0, 0.1) is 0 Å². The molecule has 0 aliphatic heterocycles. The second-order valence-corrected chi connectivity index (χ2v) is 4.42. The zero-order valence-corrected chi connectivity index (χ0v) is 11.7. The van der Waals surface area contributed by atoms with Gasteiger partial charge in [0.15, 0.2) is 11.5 Å². The molecule has 0 amide bonds. The van der Waals surface area contributed by atoms with E-state index in [1.165, 1.54) is 6.07 Å². The predicted octanol–water partition coefficient (Wildman–Crippen LogP) is 2.56. The maximum Gasteiger partial charge on any atom is 0.157 e. The summed E-state index contributed by atoms with van der Waals surface area (Å²) in [5.74, 6) is 0.0738. The molecule has 20 heavy (non-hydrogen) atoms. The van der Waals surface area contributed by atoms with Crippen molar-refractivity contribution in [1.82, 2.24) is 5.32 Å². The van der Waals surface area contributed by atoms with Gasteiger partial charge in [0.05, 0.1) is 0 Å². The van der Waals surface area contributed by atoms with Crippen LogP contribution in [-0.4, -0.2) is 21.9 Å². The highest BCUT2D eigenvalue weighted by Crippen LogP contribution is 2.24. The Morgan fingerprint density at radius 3 is 2.35 bits per heavy atom. The molecule has 0 radical (unpaired) electrons. The molecule has 0 fully saturated rings. The van der Waals surface area contributed by atoms with E-state index in [0.29, 0.717) is 6.54 Å². The first-order valence-electron chi connectivity index (χ1n) is 6.14. The molecular weight excluding hydrogens is 278 g/mol.